The summed E-state index contributed by atoms with van der Waals surface area (Å²) in [6.07, 6.45) is 2.78. The average Bonchev–Trinajstić information content (AvgIpc) is 3.00. The number of anilines is 1. The minimum Gasteiger partial charge on any atom is -0.373 e. The smallest absolute Gasteiger partial charge is 0.144 e. The van der Waals surface area contributed by atoms with Gasteiger partial charge in [0.15, 0.2) is 0 Å². The fraction of sp³-hybridized carbons (Fsp3) is 0.667. The molecule has 0 radical (unpaired) electrons. The van der Waals surface area contributed by atoms with Gasteiger partial charge in [0, 0.05) is 25.4 Å². The molecular formula is C12H20N4. The third kappa shape index (κ3) is 3.17. The van der Waals surface area contributed by atoms with Crippen molar-refractivity contribution in [3.05, 3.63) is 17.6 Å². The SMILES string of the molecule is CNc1cc(C)nc(CN(C)CC2CC2)n1. The lowest BCUT2D eigenvalue weighted by atomic mass is 10.3. The zero-order chi connectivity index (χ0) is 11.5. The summed E-state index contributed by atoms with van der Waals surface area (Å²) >= 11 is 0. The Morgan fingerprint density at radius 3 is 2.81 bits per heavy atom. The molecule has 0 unspecified atom stereocenters. The maximum absolute atomic E-state index is 4.46. The Morgan fingerprint density at radius 1 is 1.44 bits per heavy atom. The maximum Gasteiger partial charge on any atom is 0.144 e. The second kappa shape index (κ2) is 4.78. The molecule has 0 aromatic carbocycles. The van der Waals surface area contributed by atoms with Crippen LogP contribution in [0, 0.1) is 12.8 Å². The van der Waals surface area contributed by atoms with Crippen LogP contribution < -0.4 is 5.32 Å². The Hall–Kier alpha value is -1.16. The molecule has 1 aromatic rings. The van der Waals surface area contributed by atoms with Crippen molar-refractivity contribution in [3.63, 3.8) is 0 Å². The molecule has 16 heavy (non-hydrogen) atoms. The lowest BCUT2D eigenvalue weighted by Gasteiger charge is -2.15. The van der Waals surface area contributed by atoms with Crippen molar-refractivity contribution in [1.82, 2.24) is 14.9 Å². The number of aryl methyl sites for hydroxylation is 1. The third-order valence-electron chi connectivity index (χ3n) is 2.83. The van der Waals surface area contributed by atoms with Crippen LogP contribution in [-0.2, 0) is 6.54 Å². The van der Waals surface area contributed by atoms with Gasteiger partial charge in [0.05, 0.1) is 6.54 Å². The van der Waals surface area contributed by atoms with E-state index in [2.05, 4.69) is 27.2 Å². The van der Waals surface area contributed by atoms with Crippen molar-refractivity contribution in [2.24, 2.45) is 5.92 Å². The summed E-state index contributed by atoms with van der Waals surface area (Å²) < 4.78 is 0. The predicted octanol–water partition coefficient (Wildman–Crippen LogP) is 1.67. The normalized spacial score (nSPS) is 15.5. The monoisotopic (exact) mass is 220 g/mol. The molecule has 1 saturated carbocycles. The first-order valence-electron chi connectivity index (χ1n) is 5.88. The van der Waals surface area contributed by atoms with Gasteiger partial charge in [0.1, 0.15) is 11.6 Å². The van der Waals surface area contributed by atoms with Gasteiger partial charge in [-0.1, -0.05) is 0 Å². The number of aromatic nitrogens is 2. The molecular weight excluding hydrogens is 200 g/mol. The van der Waals surface area contributed by atoms with Crippen molar-refractivity contribution in [1.29, 1.82) is 0 Å². The summed E-state index contributed by atoms with van der Waals surface area (Å²) in [5, 5.41) is 3.06. The first-order chi connectivity index (χ1) is 7.67. The molecule has 4 heteroatoms. The van der Waals surface area contributed by atoms with E-state index in [9.17, 15) is 0 Å². The lowest BCUT2D eigenvalue weighted by molar-refractivity contribution is 0.305. The van der Waals surface area contributed by atoms with Gasteiger partial charge in [-0.15, -0.1) is 0 Å². The molecule has 0 spiro atoms. The molecule has 1 N–H and O–H groups in total. The Bertz CT molecular complexity index is 360. The first kappa shape index (κ1) is 11.3. The minimum atomic E-state index is 0.840. The van der Waals surface area contributed by atoms with E-state index in [1.165, 1.54) is 19.4 Å². The fourth-order valence-corrected chi connectivity index (χ4v) is 1.88. The second-order valence-corrected chi connectivity index (χ2v) is 4.70. The van der Waals surface area contributed by atoms with Gasteiger partial charge in [-0.25, -0.2) is 9.97 Å². The molecule has 0 atom stereocenters. The van der Waals surface area contributed by atoms with Crippen LogP contribution in [0.25, 0.3) is 0 Å². The van der Waals surface area contributed by atoms with E-state index < -0.39 is 0 Å². The van der Waals surface area contributed by atoms with E-state index in [0.29, 0.717) is 0 Å². The Morgan fingerprint density at radius 2 is 2.19 bits per heavy atom. The van der Waals surface area contributed by atoms with Crippen molar-refractivity contribution in [2.45, 2.75) is 26.3 Å². The molecule has 88 valence electrons. The van der Waals surface area contributed by atoms with Crippen LogP contribution in [0.2, 0.25) is 0 Å². The first-order valence-corrected chi connectivity index (χ1v) is 5.88. The minimum absolute atomic E-state index is 0.840. The van der Waals surface area contributed by atoms with Crippen LogP contribution in [0.1, 0.15) is 24.4 Å². The van der Waals surface area contributed by atoms with Crippen molar-refractivity contribution < 1.29 is 0 Å². The highest BCUT2D eigenvalue weighted by Crippen LogP contribution is 2.29. The number of rotatable bonds is 5. The number of nitrogens with zero attached hydrogens (tertiary/aromatic N) is 3. The zero-order valence-corrected chi connectivity index (χ0v) is 10.3. The third-order valence-corrected chi connectivity index (χ3v) is 2.83. The van der Waals surface area contributed by atoms with Gasteiger partial charge >= 0.3 is 0 Å². The number of hydrogen-bond donors (Lipinski definition) is 1. The van der Waals surface area contributed by atoms with Crippen molar-refractivity contribution in [3.8, 4) is 0 Å². The molecule has 1 aliphatic carbocycles. The Balaban J connectivity index is 1.98. The van der Waals surface area contributed by atoms with Gasteiger partial charge in [-0.05, 0) is 32.7 Å². The quantitative estimate of drug-likeness (QED) is 0.819. The van der Waals surface area contributed by atoms with Gasteiger partial charge in [0.2, 0.25) is 0 Å². The zero-order valence-electron chi connectivity index (χ0n) is 10.3. The van der Waals surface area contributed by atoms with E-state index in [4.69, 9.17) is 0 Å². The van der Waals surface area contributed by atoms with Gasteiger partial charge in [-0.2, -0.15) is 0 Å². The highest BCUT2D eigenvalue weighted by Gasteiger charge is 2.23. The Labute approximate surface area is 97.1 Å². The van der Waals surface area contributed by atoms with Crippen LogP contribution in [0.15, 0.2) is 6.07 Å². The summed E-state index contributed by atoms with van der Waals surface area (Å²) in [6, 6.07) is 1.96. The molecule has 0 aliphatic heterocycles. The van der Waals surface area contributed by atoms with Crippen LogP contribution >= 0.6 is 0 Å². The molecule has 1 aliphatic rings. The number of nitrogens with one attached hydrogen (secondary N) is 1. The number of hydrogen-bond acceptors (Lipinski definition) is 4. The molecule has 4 nitrogen and oxygen atoms in total. The van der Waals surface area contributed by atoms with Crippen molar-refractivity contribution >= 4 is 5.82 Å². The average molecular weight is 220 g/mol. The van der Waals surface area contributed by atoms with Crippen LogP contribution in [0.3, 0.4) is 0 Å². The predicted molar refractivity (Wildman–Crippen MR) is 65.4 cm³/mol. The molecule has 1 fully saturated rings. The van der Waals surface area contributed by atoms with E-state index in [0.717, 1.165) is 29.8 Å². The molecule has 2 rings (SSSR count). The summed E-state index contributed by atoms with van der Waals surface area (Å²) in [4.78, 5) is 11.2. The van der Waals surface area contributed by atoms with E-state index >= 15 is 0 Å². The fourth-order valence-electron chi connectivity index (χ4n) is 1.88. The molecule has 1 heterocycles. The van der Waals surface area contributed by atoms with Gasteiger partial charge in [-0.3, -0.25) is 4.90 Å². The van der Waals surface area contributed by atoms with Crippen LogP contribution in [-0.4, -0.2) is 35.5 Å². The molecule has 0 bridgehead atoms. The van der Waals surface area contributed by atoms with E-state index in [1.54, 1.807) is 0 Å². The van der Waals surface area contributed by atoms with Crippen LogP contribution in [0.5, 0.6) is 0 Å². The standard InChI is InChI=1S/C12H20N4/c1-9-6-11(13-2)15-12(14-9)8-16(3)7-10-4-5-10/h6,10H,4-5,7-8H2,1-3H3,(H,13,14,15). The summed E-state index contributed by atoms with van der Waals surface area (Å²) in [5.41, 5.74) is 1.02. The van der Waals surface area contributed by atoms with E-state index in [-0.39, 0.29) is 0 Å². The van der Waals surface area contributed by atoms with Crippen LogP contribution in [0.4, 0.5) is 5.82 Å². The summed E-state index contributed by atoms with van der Waals surface area (Å²) in [7, 11) is 4.03. The molecule has 0 saturated heterocycles. The summed E-state index contributed by atoms with van der Waals surface area (Å²) in [6.45, 7) is 4.02. The summed E-state index contributed by atoms with van der Waals surface area (Å²) in [5.74, 6) is 2.73. The van der Waals surface area contributed by atoms with E-state index in [1.807, 2.05) is 20.0 Å². The topological polar surface area (TPSA) is 41.1 Å². The molecule has 1 aromatic heterocycles. The van der Waals surface area contributed by atoms with Crippen molar-refractivity contribution in [2.75, 3.05) is 26.0 Å². The highest BCUT2D eigenvalue weighted by atomic mass is 15.1. The lowest BCUT2D eigenvalue weighted by Crippen LogP contribution is -2.22. The van der Waals surface area contributed by atoms with Gasteiger partial charge in [0.25, 0.3) is 0 Å². The second-order valence-electron chi connectivity index (χ2n) is 4.70. The molecule has 0 amide bonds. The Kier molecular flexibility index (Phi) is 3.39. The van der Waals surface area contributed by atoms with Gasteiger partial charge < -0.3 is 5.32 Å². The largest absolute Gasteiger partial charge is 0.373 e. The maximum atomic E-state index is 4.46. The highest BCUT2D eigenvalue weighted by molar-refractivity contribution is 5.34.